The van der Waals surface area contributed by atoms with Gasteiger partial charge in [0.15, 0.2) is 0 Å². The number of pyridine rings is 3. The van der Waals surface area contributed by atoms with Crippen LogP contribution in [0.3, 0.4) is 0 Å². The molecule has 7 nitrogen and oxygen atoms in total. The average molecular weight is 589 g/mol. The molecule has 3 aromatic heterocycles. The van der Waals surface area contributed by atoms with Gasteiger partial charge in [-0.3, -0.25) is 14.5 Å². The molecule has 0 aromatic carbocycles. The lowest BCUT2D eigenvalue weighted by molar-refractivity contribution is 0.0984. The molecule has 1 aliphatic heterocycles. The second-order valence-electron chi connectivity index (χ2n) is 14.3. The van der Waals surface area contributed by atoms with Gasteiger partial charge in [-0.05, 0) is 73.9 Å². The van der Waals surface area contributed by atoms with Crippen molar-refractivity contribution in [2.24, 2.45) is 5.92 Å². The molecule has 1 amide bonds. The first kappa shape index (κ1) is 31.8. The topological polar surface area (TPSA) is 83.0 Å². The third kappa shape index (κ3) is 7.44. The molecule has 42 heavy (non-hydrogen) atoms. The van der Waals surface area contributed by atoms with E-state index in [0.29, 0.717) is 16.5 Å². The molecule has 1 fully saturated rings. The summed E-state index contributed by atoms with van der Waals surface area (Å²) in [4.78, 5) is 30.5. The van der Waals surface area contributed by atoms with Crippen LogP contribution in [0.15, 0.2) is 53.7 Å². The summed E-state index contributed by atoms with van der Waals surface area (Å²) in [6, 6.07) is 14.0. The van der Waals surface area contributed by atoms with Gasteiger partial charge in [0.1, 0.15) is 16.7 Å². The van der Waals surface area contributed by atoms with Crippen LogP contribution < -0.4 is 14.9 Å². The Morgan fingerprint density at radius 1 is 1.05 bits per heavy atom. The van der Waals surface area contributed by atoms with E-state index in [-0.39, 0.29) is 28.3 Å². The minimum Gasteiger partial charge on any atom is -0.362 e. The van der Waals surface area contributed by atoms with E-state index in [4.69, 9.17) is 15.0 Å². The number of nitrogens with zero attached hydrogens (tertiary/aromatic N) is 4. The van der Waals surface area contributed by atoms with Crippen molar-refractivity contribution in [1.29, 1.82) is 0 Å². The summed E-state index contributed by atoms with van der Waals surface area (Å²) in [5, 5.41) is 4.23. The summed E-state index contributed by atoms with van der Waals surface area (Å²) in [7, 11) is 0. The third-order valence-electron chi connectivity index (χ3n) is 7.93. The molecule has 2 unspecified atom stereocenters. The predicted molar refractivity (Wildman–Crippen MR) is 175 cm³/mol. The maximum atomic E-state index is 13.6. The summed E-state index contributed by atoms with van der Waals surface area (Å²) < 4.78 is 3.03. The number of carbonyl (C=O) groups is 1. The van der Waals surface area contributed by atoms with Crippen LogP contribution in [0.5, 0.6) is 0 Å². The Bertz CT molecular complexity index is 1390. The number of rotatable bonds is 8. The minimum atomic E-state index is -0.173. The molecule has 8 heteroatoms. The Hall–Kier alpha value is -3.13. The fraction of sp³-hybridized carbons (Fsp3) is 0.529. The van der Waals surface area contributed by atoms with E-state index in [0.717, 1.165) is 42.4 Å². The highest BCUT2D eigenvalue weighted by atomic mass is 32.2. The minimum absolute atomic E-state index is 0.0301. The zero-order valence-corrected chi connectivity index (χ0v) is 27.8. The summed E-state index contributed by atoms with van der Waals surface area (Å²) in [6.45, 7) is 22.8. The van der Waals surface area contributed by atoms with Crippen molar-refractivity contribution in [3.8, 4) is 0 Å². The van der Waals surface area contributed by atoms with E-state index in [1.165, 1.54) is 17.5 Å². The highest BCUT2D eigenvalue weighted by Crippen LogP contribution is 2.38. The van der Waals surface area contributed by atoms with Crippen LogP contribution in [0.1, 0.15) is 115 Å². The van der Waals surface area contributed by atoms with E-state index >= 15 is 0 Å². The van der Waals surface area contributed by atoms with Gasteiger partial charge in [-0.1, -0.05) is 67.5 Å². The summed E-state index contributed by atoms with van der Waals surface area (Å²) >= 11 is 1.22. The number of anilines is 2. The maximum absolute atomic E-state index is 13.6. The van der Waals surface area contributed by atoms with Gasteiger partial charge in [-0.2, -0.15) is 0 Å². The highest BCUT2D eigenvalue weighted by Gasteiger charge is 2.39. The van der Waals surface area contributed by atoms with Gasteiger partial charge < -0.3 is 10.2 Å². The fourth-order valence-corrected chi connectivity index (χ4v) is 6.13. The molecule has 1 aliphatic rings. The fourth-order valence-electron chi connectivity index (χ4n) is 5.53. The lowest BCUT2D eigenvalue weighted by Crippen LogP contribution is -2.40. The summed E-state index contributed by atoms with van der Waals surface area (Å²) in [5.74, 6) is 1.86. The Morgan fingerprint density at radius 3 is 2.36 bits per heavy atom. The molecule has 4 rings (SSSR count). The van der Waals surface area contributed by atoms with Gasteiger partial charge in [-0.15, -0.1) is 0 Å². The second-order valence-corrected chi connectivity index (χ2v) is 15.1. The number of hydrogen-bond acceptors (Lipinski definition) is 7. The van der Waals surface area contributed by atoms with Crippen molar-refractivity contribution in [3.63, 3.8) is 0 Å². The van der Waals surface area contributed by atoms with Crippen molar-refractivity contribution in [2.45, 2.75) is 110 Å². The smallest absolute Gasteiger partial charge is 0.265 e. The first-order chi connectivity index (χ1) is 19.6. The first-order valence-electron chi connectivity index (χ1n) is 15.0. The van der Waals surface area contributed by atoms with Crippen LogP contribution in [-0.2, 0) is 10.8 Å². The standard InChI is InChI=1S/C34H48N6OS/c1-11-25(26-17-15-23(20-35-26)32(3,4)5)36-28-13-12-14-29(38-28)42-39-31(41)24-16-18-27(33(6,7)8)37-30(24)40-21-22(2)19-34(40,9)10/h12-18,20,22,25H,11,19,21H2,1-10H3,(H,36,38)(H,39,41). The Morgan fingerprint density at radius 2 is 1.79 bits per heavy atom. The second kappa shape index (κ2) is 12.2. The average Bonchev–Trinajstić information content (AvgIpc) is 3.20. The van der Waals surface area contributed by atoms with E-state index < -0.39 is 0 Å². The molecular weight excluding hydrogens is 540 g/mol. The van der Waals surface area contributed by atoms with Gasteiger partial charge in [0.2, 0.25) is 0 Å². The quantitative estimate of drug-likeness (QED) is 0.257. The van der Waals surface area contributed by atoms with Crippen LogP contribution in [0, 0.1) is 5.92 Å². The molecule has 0 spiro atoms. The lowest BCUT2D eigenvalue weighted by atomic mass is 9.88. The van der Waals surface area contributed by atoms with Crippen LogP contribution in [0.4, 0.5) is 11.6 Å². The largest absolute Gasteiger partial charge is 0.362 e. The molecule has 2 N–H and O–H groups in total. The van der Waals surface area contributed by atoms with Crippen molar-refractivity contribution >= 4 is 29.5 Å². The third-order valence-corrected chi connectivity index (χ3v) is 8.65. The molecular formula is C34H48N6OS. The van der Waals surface area contributed by atoms with Gasteiger partial charge in [0.05, 0.1) is 17.3 Å². The van der Waals surface area contributed by atoms with Gasteiger partial charge >= 0.3 is 0 Å². The zero-order valence-electron chi connectivity index (χ0n) is 27.0. The van der Waals surface area contributed by atoms with Crippen LogP contribution in [-0.4, -0.2) is 32.9 Å². The number of hydrogen-bond donors (Lipinski definition) is 2. The number of carbonyl (C=O) groups excluding carboxylic acids is 1. The molecule has 2 atom stereocenters. The molecule has 3 aromatic rings. The zero-order chi connectivity index (χ0) is 30.9. The molecule has 0 radical (unpaired) electrons. The summed E-state index contributed by atoms with van der Waals surface area (Å²) in [6.07, 6.45) is 3.89. The molecule has 1 saturated heterocycles. The van der Waals surface area contributed by atoms with Crippen LogP contribution >= 0.6 is 11.9 Å². The predicted octanol–water partition coefficient (Wildman–Crippen LogP) is 8.09. The van der Waals surface area contributed by atoms with E-state index in [1.807, 2.05) is 36.5 Å². The molecule has 4 heterocycles. The van der Waals surface area contributed by atoms with E-state index in [1.54, 1.807) is 0 Å². The Balaban J connectivity index is 1.50. The van der Waals surface area contributed by atoms with E-state index in [9.17, 15) is 4.79 Å². The number of nitrogens with one attached hydrogen (secondary N) is 2. The molecule has 226 valence electrons. The molecule has 0 bridgehead atoms. The van der Waals surface area contributed by atoms with Crippen molar-refractivity contribution in [3.05, 3.63) is 71.2 Å². The molecule has 0 aliphatic carbocycles. The molecule has 0 saturated carbocycles. The Labute approximate surface area is 256 Å². The SMILES string of the molecule is CCC(Nc1cccc(SNC(=O)c2ccc(C(C)(C)C)nc2N2CC(C)CC2(C)C)n1)c1ccc(C(C)(C)C)cn1. The maximum Gasteiger partial charge on any atom is 0.265 e. The number of amides is 1. The van der Waals surface area contributed by atoms with Crippen molar-refractivity contribution in [1.82, 2.24) is 19.7 Å². The number of aromatic nitrogens is 3. The monoisotopic (exact) mass is 588 g/mol. The normalized spacial score (nSPS) is 17.7. The van der Waals surface area contributed by atoms with Crippen LogP contribution in [0.25, 0.3) is 0 Å². The van der Waals surface area contributed by atoms with Crippen molar-refractivity contribution in [2.75, 3.05) is 16.8 Å². The van der Waals surface area contributed by atoms with Gasteiger partial charge in [-0.25, -0.2) is 9.97 Å². The van der Waals surface area contributed by atoms with E-state index in [2.05, 4.69) is 96.3 Å². The van der Waals surface area contributed by atoms with Gasteiger partial charge in [0, 0.05) is 41.3 Å². The lowest BCUT2D eigenvalue weighted by Gasteiger charge is -2.34. The van der Waals surface area contributed by atoms with Gasteiger partial charge in [0.25, 0.3) is 5.91 Å². The first-order valence-corrected chi connectivity index (χ1v) is 15.9. The summed E-state index contributed by atoms with van der Waals surface area (Å²) in [5.41, 5.74) is 3.62. The van der Waals surface area contributed by atoms with Crippen LogP contribution in [0.2, 0.25) is 0 Å². The highest BCUT2D eigenvalue weighted by molar-refractivity contribution is 7.97. The van der Waals surface area contributed by atoms with Crippen molar-refractivity contribution < 1.29 is 4.79 Å². The Kier molecular flexibility index (Phi) is 9.26.